The van der Waals surface area contributed by atoms with Crippen LogP contribution in [0.1, 0.15) is 72.1 Å². The van der Waals surface area contributed by atoms with Crippen LogP contribution in [-0.4, -0.2) is 85.3 Å². The van der Waals surface area contributed by atoms with Gasteiger partial charge in [-0.1, -0.05) is 40.2 Å². The van der Waals surface area contributed by atoms with Crippen molar-refractivity contribution in [1.82, 2.24) is 15.2 Å². The lowest BCUT2D eigenvalue weighted by Crippen LogP contribution is -2.55. The van der Waals surface area contributed by atoms with E-state index in [1.807, 2.05) is 33.0 Å². The first kappa shape index (κ1) is 31.2. The molecule has 226 valence electrons. The van der Waals surface area contributed by atoms with Crippen LogP contribution in [0.2, 0.25) is 0 Å². The Kier molecular flexibility index (Phi) is 10.6. The van der Waals surface area contributed by atoms with Crippen molar-refractivity contribution in [3.63, 3.8) is 0 Å². The van der Waals surface area contributed by atoms with Gasteiger partial charge in [-0.15, -0.1) is 0 Å². The molecule has 3 atom stereocenters. The summed E-state index contributed by atoms with van der Waals surface area (Å²) in [6.45, 7) is 12.4. The van der Waals surface area contributed by atoms with E-state index in [4.69, 9.17) is 9.73 Å². The van der Waals surface area contributed by atoms with Crippen molar-refractivity contribution in [1.29, 1.82) is 0 Å². The van der Waals surface area contributed by atoms with Gasteiger partial charge in [0.2, 0.25) is 5.91 Å². The molecule has 0 aromatic carbocycles. The zero-order valence-corrected chi connectivity index (χ0v) is 25.9. The van der Waals surface area contributed by atoms with E-state index in [1.165, 1.54) is 12.8 Å². The minimum absolute atomic E-state index is 0.121. The lowest BCUT2D eigenvalue weighted by molar-refractivity contribution is -0.120. The molecular formula is C32H50N6O3. The van der Waals surface area contributed by atoms with Crippen LogP contribution >= 0.6 is 0 Å². The van der Waals surface area contributed by atoms with Gasteiger partial charge < -0.3 is 24.5 Å². The molecule has 2 N–H and O–H groups in total. The second kappa shape index (κ2) is 13.9. The molecule has 2 fully saturated rings. The Balaban J connectivity index is 1.65. The average molecular weight is 567 g/mol. The number of anilines is 2. The summed E-state index contributed by atoms with van der Waals surface area (Å²) in [7, 11) is 5.60. The molecule has 2 aliphatic heterocycles. The average Bonchev–Trinajstić information content (AvgIpc) is 3.51. The number of nitrogens with zero attached hydrogens (tertiary/aromatic N) is 5. The van der Waals surface area contributed by atoms with Gasteiger partial charge in [-0.05, 0) is 70.3 Å². The Labute approximate surface area is 246 Å². The molecule has 1 aromatic rings. The SMILES string of the molecule is C=C(CC)C(=Nc1cc2c(cn1)N(C)C(=O)C(CC)N2C1CCCC1)C(=CC(C)C(O)NC1CCN(C)CC1)OC. The zero-order valence-electron chi connectivity index (χ0n) is 25.9. The number of piperidine rings is 1. The minimum atomic E-state index is -0.703. The van der Waals surface area contributed by atoms with Crippen molar-refractivity contribution in [2.75, 3.05) is 44.1 Å². The molecule has 3 aliphatic rings. The third kappa shape index (κ3) is 7.01. The molecule has 3 unspecified atom stereocenters. The second-order valence-electron chi connectivity index (χ2n) is 11.9. The van der Waals surface area contributed by atoms with E-state index in [9.17, 15) is 9.90 Å². The maximum atomic E-state index is 13.3. The van der Waals surface area contributed by atoms with E-state index in [-0.39, 0.29) is 17.9 Å². The Bertz CT molecular complexity index is 1140. The Morgan fingerprint density at radius 1 is 1.22 bits per heavy atom. The lowest BCUT2D eigenvalue weighted by atomic mass is 10.0. The van der Waals surface area contributed by atoms with Crippen LogP contribution in [0.4, 0.5) is 17.2 Å². The number of pyridine rings is 1. The van der Waals surface area contributed by atoms with Crippen molar-refractivity contribution < 1.29 is 14.6 Å². The number of hydrogen-bond donors (Lipinski definition) is 2. The first-order chi connectivity index (χ1) is 19.7. The highest BCUT2D eigenvalue weighted by Crippen LogP contribution is 2.42. The molecule has 1 aliphatic carbocycles. The van der Waals surface area contributed by atoms with Crippen LogP contribution in [0.5, 0.6) is 0 Å². The molecule has 4 rings (SSSR count). The number of methoxy groups -OCH3 is 1. The number of nitrogens with one attached hydrogen (secondary N) is 1. The largest absolute Gasteiger partial charge is 0.495 e. The molecule has 1 aromatic heterocycles. The summed E-state index contributed by atoms with van der Waals surface area (Å²) in [6, 6.07) is 2.46. The molecule has 41 heavy (non-hydrogen) atoms. The van der Waals surface area contributed by atoms with Crippen LogP contribution in [0.25, 0.3) is 0 Å². The number of amides is 1. The highest BCUT2D eigenvalue weighted by atomic mass is 16.5. The van der Waals surface area contributed by atoms with Gasteiger partial charge in [0.05, 0.1) is 24.7 Å². The quantitative estimate of drug-likeness (QED) is 0.226. The van der Waals surface area contributed by atoms with Gasteiger partial charge in [0.1, 0.15) is 23.7 Å². The molecule has 1 amide bonds. The number of rotatable bonds is 11. The molecule has 9 nitrogen and oxygen atoms in total. The Morgan fingerprint density at radius 3 is 2.51 bits per heavy atom. The van der Waals surface area contributed by atoms with Gasteiger partial charge in [0, 0.05) is 31.1 Å². The van der Waals surface area contributed by atoms with E-state index < -0.39 is 6.23 Å². The van der Waals surface area contributed by atoms with Crippen LogP contribution < -0.4 is 15.1 Å². The Morgan fingerprint density at radius 2 is 1.90 bits per heavy atom. The van der Waals surface area contributed by atoms with Gasteiger partial charge in [-0.2, -0.15) is 0 Å². The van der Waals surface area contributed by atoms with Crippen LogP contribution in [-0.2, 0) is 9.53 Å². The van der Waals surface area contributed by atoms with Gasteiger partial charge >= 0.3 is 0 Å². The monoisotopic (exact) mass is 566 g/mol. The lowest BCUT2D eigenvalue weighted by Gasteiger charge is -2.44. The molecule has 1 saturated heterocycles. The summed E-state index contributed by atoms with van der Waals surface area (Å²) in [4.78, 5) is 29.3. The van der Waals surface area contributed by atoms with Gasteiger partial charge in [0.15, 0.2) is 5.82 Å². The number of aliphatic hydroxyl groups excluding tert-OH is 1. The van der Waals surface area contributed by atoms with Crippen molar-refractivity contribution in [2.24, 2.45) is 10.9 Å². The number of likely N-dealkylation sites (tertiary alicyclic amines) is 1. The number of aliphatic hydroxyl groups is 1. The predicted octanol–water partition coefficient (Wildman–Crippen LogP) is 4.79. The smallest absolute Gasteiger partial charge is 0.249 e. The molecule has 0 radical (unpaired) electrons. The van der Waals surface area contributed by atoms with Crippen LogP contribution in [0, 0.1) is 5.92 Å². The maximum absolute atomic E-state index is 13.3. The molecule has 0 spiro atoms. The van der Waals surface area contributed by atoms with Crippen molar-refractivity contribution >= 4 is 28.8 Å². The third-order valence-electron chi connectivity index (χ3n) is 9.02. The first-order valence-electron chi connectivity index (χ1n) is 15.4. The molecular weight excluding hydrogens is 516 g/mol. The highest BCUT2D eigenvalue weighted by molar-refractivity contribution is 6.12. The highest BCUT2D eigenvalue weighted by Gasteiger charge is 2.40. The van der Waals surface area contributed by atoms with E-state index in [0.29, 0.717) is 35.8 Å². The summed E-state index contributed by atoms with van der Waals surface area (Å²) >= 11 is 0. The maximum Gasteiger partial charge on any atom is 0.249 e. The summed E-state index contributed by atoms with van der Waals surface area (Å²) in [5, 5.41) is 14.4. The normalized spacial score (nSPS) is 23.1. The third-order valence-corrected chi connectivity index (χ3v) is 9.02. The number of aromatic nitrogens is 1. The number of carbonyl (C=O) groups is 1. The second-order valence-corrected chi connectivity index (χ2v) is 11.9. The zero-order chi connectivity index (χ0) is 29.7. The number of carbonyl (C=O) groups excluding carboxylic acids is 1. The van der Waals surface area contributed by atoms with Gasteiger partial charge in [-0.25, -0.2) is 9.98 Å². The van der Waals surface area contributed by atoms with Crippen LogP contribution in [0.15, 0.2) is 41.2 Å². The van der Waals surface area contributed by atoms with E-state index in [0.717, 1.165) is 62.1 Å². The number of hydrogen-bond acceptors (Lipinski definition) is 8. The van der Waals surface area contributed by atoms with Crippen LogP contribution in [0.3, 0.4) is 0 Å². The van der Waals surface area contributed by atoms with Crippen molar-refractivity contribution in [2.45, 2.75) is 96.5 Å². The minimum Gasteiger partial charge on any atom is -0.495 e. The van der Waals surface area contributed by atoms with Crippen molar-refractivity contribution in [3.05, 3.63) is 36.3 Å². The predicted molar refractivity (Wildman–Crippen MR) is 167 cm³/mol. The summed E-state index contributed by atoms with van der Waals surface area (Å²) in [5.41, 5.74) is 3.28. The number of likely N-dealkylation sites (N-methyl/N-ethyl adjacent to an activating group) is 1. The summed E-state index contributed by atoms with van der Waals surface area (Å²) in [6.07, 6.45) is 11.0. The molecule has 9 heteroatoms. The van der Waals surface area contributed by atoms with E-state index in [2.05, 4.69) is 40.7 Å². The fraction of sp³-hybridized carbons (Fsp3) is 0.656. The number of ether oxygens (including phenoxy) is 1. The van der Waals surface area contributed by atoms with E-state index in [1.54, 1.807) is 18.2 Å². The van der Waals surface area contributed by atoms with Gasteiger partial charge in [0.25, 0.3) is 0 Å². The number of allylic oxidation sites excluding steroid dienone is 1. The summed E-state index contributed by atoms with van der Waals surface area (Å²) in [5.74, 6) is 1.03. The summed E-state index contributed by atoms with van der Waals surface area (Å²) < 4.78 is 5.85. The fourth-order valence-corrected chi connectivity index (χ4v) is 6.32. The fourth-order valence-electron chi connectivity index (χ4n) is 6.32. The topological polar surface area (TPSA) is 93.5 Å². The van der Waals surface area contributed by atoms with Gasteiger partial charge in [-0.3, -0.25) is 10.1 Å². The van der Waals surface area contributed by atoms with E-state index >= 15 is 0 Å². The van der Waals surface area contributed by atoms with Crippen molar-refractivity contribution in [3.8, 4) is 0 Å². The number of aliphatic imine (C=N–C) groups is 1. The number of fused-ring (bicyclic) bond motifs is 1. The molecule has 0 bridgehead atoms. The Hall–Kier alpha value is -2.75. The molecule has 3 heterocycles. The standard InChI is InChI=1S/C32H50N6O3/c1-8-21(3)30(28(41-7)18-22(4)31(39)34-23-14-16-36(5)17-15-23)35-29-19-26-27(20-33-29)37(6)32(40)25(9-2)38(26)24-12-10-11-13-24/h18-20,22-25,31,34,39H,3,8-17H2,1-2,4-7H3. The molecule has 1 saturated carbocycles. The first-order valence-corrected chi connectivity index (χ1v) is 15.4.